The quantitative estimate of drug-likeness (QED) is 0.495. The molecule has 0 aliphatic heterocycles. The second-order valence-electron chi connectivity index (χ2n) is 5.98. The first-order valence-electron chi connectivity index (χ1n) is 8.79. The molecule has 0 aliphatic carbocycles. The first-order valence-corrected chi connectivity index (χ1v) is 9.20. The summed E-state index contributed by atoms with van der Waals surface area (Å²) in [7, 11) is 4.96. The van der Waals surface area contributed by atoms with Crippen molar-refractivity contribution < 1.29 is 14.2 Å². The summed E-state index contributed by atoms with van der Waals surface area (Å²) in [4.78, 5) is 6.31. The van der Waals surface area contributed by atoms with E-state index in [0.29, 0.717) is 36.3 Å². The molecule has 2 aromatic rings. The van der Waals surface area contributed by atoms with Gasteiger partial charge in [0.2, 0.25) is 0 Å². The molecule has 0 spiro atoms. The van der Waals surface area contributed by atoms with E-state index in [2.05, 4.69) is 15.2 Å². The first kappa shape index (κ1) is 20.9. The van der Waals surface area contributed by atoms with Crippen LogP contribution in [-0.2, 0) is 17.8 Å². The van der Waals surface area contributed by atoms with Crippen LogP contribution in [0.3, 0.4) is 0 Å². The molecule has 0 amide bonds. The SMILES string of the molecule is COCCCNC(=S)N(Cc1cccnc1)Cc1ccc(OC)c(OC)c1. The molecule has 7 heteroatoms. The van der Waals surface area contributed by atoms with Crippen molar-refractivity contribution in [2.24, 2.45) is 0 Å². The Morgan fingerprint density at radius 3 is 2.52 bits per heavy atom. The zero-order valence-electron chi connectivity index (χ0n) is 16.1. The van der Waals surface area contributed by atoms with E-state index in [1.165, 1.54) is 0 Å². The maximum Gasteiger partial charge on any atom is 0.169 e. The summed E-state index contributed by atoms with van der Waals surface area (Å²) >= 11 is 5.63. The van der Waals surface area contributed by atoms with Crippen LogP contribution < -0.4 is 14.8 Å². The van der Waals surface area contributed by atoms with E-state index in [0.717, 1.165) is 24.1 Å². The highest BCUT2D eigenvalue weighted by molar-refractivity contribution is 7.80. The number of rotatable bonds is 10. The fraction of sp³-hybridized carbons (Fsp3) is 0.400. The van der Waals surface area contributed by atoms with Gasteiger partial charge in [-0.05, 0) is 48.0 Å². The molecule has 0 saturated carbocycles. The van der Waals surface area contributed by atoms with Crippen LogP contribution in [0.1, 0.15) is 17.5 Å². The Morgan fingerprint density at radius 2 is 1.85 bits per heavy atom. The van der Waals surface area contributed by atoms with E-state index in [1.807, 2.05) is 36.5 Å². The molecular formula is C20H27N3O3S. The lowest BCUT2D eigenvalue weighted by molar-refractivity contribution is 0.195. The van der Waals surface area contributed by atoms with Gasteiger partial charge in [0.1, 0.15) is 0 Å². The summed E-state index contributed by atoms with van der Waals surface area (Å²) in [5.41, 5.74) is 2.18. The number of nitrogens with zero attached hydrogens (tertiary/aromatic N) is 2. The van der Waals surface area contributed by atoms with Gasteiger partial charge < -0.3 is 24.4 Å². The van der Waals surface area contributed by atoms with E-state index in [-0.39, 0.29) is 0 Å². The molecule has 0 aliphatic rings. The smallest absolute Gasteiger partial charge is 0.169 e. The summed E-state index contributed by atoms with van der Waals surface area (Å²) in [5.74, 6) is 1.41. The van der Waals surface area contributed by atoms with Gasteiger partial charge in [-0.1, -0.05) is 12.1 Å². The van der Waals surface area contributed by atoms with Crippen molar-refractivity contribution in [3.8, 4) is 11.5 Å². The maximum absolute atomic E-state index is 5.63. The van der Waals surface area contributed by atoms with Crippen molar-refractivity contribution in [2.45, 2.75) is 19.5 Å². The number of aromatic nitrogens is 1. The first-order chi connectivity index (χ1) is 13.2. The average Bonchev–Trinajstić information content (AvgIpc) is 2.71. The largest absolute Gasteiger partial charge is 0.493 e. The van der Waals surface area contributed by atoms with Crippen LogP contribution in [0.15, 0.2) is 42.7 Å². The number of methoxy groups -OCH3 is 3. The van der Waals surface area contributed by atoms with Crippen molar-refractivity contribution in [3.63, 3.8) is 0 Å². The summed E-state index contributed by atoms with van der Waals surface area (Å²) < 4.78 is 15.8. The molecule has 0 unspecified atom stereocenters. The number of hydrogen-bond acceptors (Lipinski definition) is 5. The monoisotopic (exact) mass is 389 g/mol. The molecule has 1 aromatic carbocycles. The van der Waals surface area contributed by atoms with Crippen LogP contribution in [0.5, 0.6) is 11.5 Å². The summed E-state index contributed by atoms with van der Waals surface area (Å²) in [6, 6.07) is 9.88. The van der Waals surface area contributed by atoms with Gasteiger partial charge in [-0.25, -0.2) is 0 Å². The third-order valence-corrected chi connectivity index (χ3v) is 4.41. The number of ether oxygens (including phenoxy) is 3. The van der Waals surface area contributed by atoms with E-state index >= 15 is 0 Å². The van der Waals surface area contributed by atoms with Crippen molar-refractivity contribution in [2.75, 3.05) is 34.5 Å². The topological polar surface area (TPSA) is 55.9 Å². The van der Waals surface area contributed by atoms with Crippen LogP contribution in [0.25, 0.3) is 0 Å². The zero-order valence-corrected chi connectivity index (χ0v) is 16.9. The molecular weight excluding hydrogens is 362 g/mol. The minimum atomic E-state index is 0.644. The van der Waals surface area contributed by atoms with Crippen LogP contribution in [-0.4, -0.2) is 49.5 Å². The minimum Gasteiger partial charge on any atom is -0.493 e. The summed E-state index contributed by atoms with van der Waals surface area (Å²) in [6.07, 6.45) is 4.52. The Labute approximate surface area is 166 Å². The fourth-order valence-corrected chi connectivity index (χ4v) is 2.87. The Balaban J connectivity index is 2.12. The molecule has 0 fully saturated rings. The van der Waals surface area contributed by atoms with E-state index in [4.69, 9.17) is 26.4 Å². The molecule has 0 bridgehead atoms. The van der Waals surface area contributed by atoms with Crippen LogP contribution in [0.4, 0.5) is 0 Å². The molecule has 0 atom stereocenters. The number of thiocarbonyl (C=S) groups is 1. The second-order valence-corrected chi connectivity index (χ2v) is 6.37. The highest BCUT2D eigenvalue weighted by atomic mass is 32.1. The van der Waals surface area contributed by atoms with Gasteiger partial charge in [0.05, 0.1) is 14.2 Å². The zero-order chi connectivity index (χ0) is 19.5. The lowest BCUT2D eigenvalue weighted by Gasteiger charge is -2.26. The Hall–Kier alpha value is -2.38. The van der Waals surface area contributed by atoms with Gasteiger partial charge in [-0.3, -0.25) is 4.98 Å². The lowest BCUT2D eigenvalue weighted by Crippen LogP contribution is -2.39. The normalized spacial score (nSPS) is 10.3. The number of nitrogens with one attached hydrogen (secondary N) is 1. The third-order valence-electron chi connectivity index (χ3n) is 4.01. The molecule has 1 aromatic heterocycles. The lowest BCUT2D eigenvalue weighted by atomic mass is 10.1. The standard InChI is InChI=1S/C20H27N3O3S/c1-24-11-5-10-22-20(27)23(15-17-6-4-9-21-13-17)14-16-7-8-18(25-2)19(12-16)26-3/h4,6-9,12-13H,5,10-11,14-15H2,1-3H3,(H,22,27). The molecule has 6 nitrogen and oxygen atoms in total. The van der Waals surface area contributed by atoms with Gasteiger partial charge in [0, 0.05) is 45.7 Å². The molecule has 27 heavy (non-hydrogen) atoms. The van der Waals surface area contributed by atoms with E-state index in [9.17, 15) is 0 Å². The van der Waals surface area contributed by atoms with Crippen molar-refractivity contribution in [1.82, 2.24) is 15.2 Å². The van der Waals surface area contributed by atoms with E-state index < -0.39 is 0 Å². The van der Waals surface area contributed by atoms with Crippen LogP contribution in [0, 0.1) is 0 Å². The molecule has 0 saturated heterocycles. The highest BCUT2D eigenvalue weighted by Gasteiger charge is 2.13. The Kier molecular flexibility index (Phi) is 8.80. The Bertz CT molecular complexity index is 713. The van der Waals surface area contributed by atoms with Crippen LogP contribution >= 0.6 is 12.2 Å². The van der Waals surface area contributed by atoms with Gasteiger partial charge in [0.15, 0.2) is 16.6 Å². The fourth-order valence-electron chi connectivity index (χ4n) is 2.63. The van der Waals surface area contributed by atoms with Crippen molar-refractivity contribution in [3.05, 3.63) is 53.9 Å². The molecule has 2 rings (SSSR count). The number of hydrogen-bond donors (Lipinski definition) is 1. The minimum absolute atomic E-state index is 0.644. The van der Waals surface area contributed by atoms with Gasteiger partial charge in [0.25, 0.3) is 0 Å². The number of pyridine rings is 1. The van der Waals surface area contributed by atoms with Crippen molar-refractivity contribution >= 4 is 17.3 Å². The predicted octanol–water partition coefficient (Wildman–Crippen LogP) is 3.01. The summed E-state index contributed by atoms with van der Waals surface area (Å²) in [6.45, 7) is 2.78. The maximum atomic E-state index is 5.63. The predicted molar refractivity (Wildman–Crippen MR) is 110 cm³/mol. The molecule has 146 valence electrons. The second kappa shape index (κ2) is 11.4. The summed E-state index contributed by atoms with van der Waals surface area (Å²) in [5, 5.41) is 4.01. The van der Waals surface area contributed by atoms with Gasteiger partial charge in [-0.2, -0.15) is 0 Å². The van der Waals surface area contributed by atoms with Crippen molar-refractivity contribution in [1.29, 1.82) is 0 Å². The molecule has 1 heterocycles. The molecule has 1 N–H and O–H groups in total. The average molecular weight is 390 g/mol. The number of benzene rings is 1. The molecule has 0 radical (unpaired) electrons. The van der Waals surface area contributed by atoms with Crippen LogP contribution in [0.2, 0.25) is 0 Å². The van der Waals surface area contributed by atoms with Gasteiger partial charge in [-0.15, -0.1) is 0 Å². The van der Waals surface area contributed by atoms with Gasteiger partial charge >= 0.3 is 0 Å². The third kappa shape index (κ3) is 6.69. The van der Waals surface area contributed by atoms with E-state index in [1.54, 1.807) is 27.5 Å². The Morgan fingerprint density at radius 1 is 1.07 bits per heavy atom. The highest BCUT2D eigenvalue weighted by Crippen LogP contribution is 2.28.